The number of urea groups is 1. The first-order valence-electron chi connectivity index (χ1n) is 9.72. The van der Waals surface area contributed by atoms with Crippen LogP contribution in [0.3, 0.4) is 0 Å². The Bertz CT molecular complexity index is 933. The van der Waals surface area contributed by atoms with Gasteiger partial charge < -0.3 is 19.4 Å². The van der Waals surface area contributed by atoms with Crippen molar-refractivity contribution in [3.05, 3.63) is 65.7 Å². The third-order valence-electron chi connectivity index (χ3n) is 5.16. The minimum Gasteiger partial charge on any atom is -0.459 e. The van der Waals surface area contributed by atoms with E-state index < -0.39 is 0 Å². The predicted molar refractivity (Wildman–Crippen MR) is 107 cm³/mol. The summed E-state index contributed by atoms with van der Waals surface area (Å²) in [5, 5.41) is 4.08. The zero-order chi connectivity index (χ0) is 19.3. The molecule has 0 saturated carbocycles. The summed E-state index contributed by atoms with van der Waals surface area (Å²) in [7, 11) is 0. The average Bonchev–Trinajstić information content (AvgIpc) is 3.35. The number of benzene rings is 1. The largest absolute Gasteiger partial charge is 0.459 e. The molecule has 0 bridgehead atoms. The quantitative estimate of drug-likeness (QED) is 0.702. The zero-order valence-electron chi connectivity index (χ0n) is 16.1. The second kappa shape index (κ2) is 8.44. The Balaban J connectivity index is 1.45. The smallest absolute Gasteiger partial charge is 0.318 e. The molecule has 1 aliphatic rings. The molecule has 0 aliphatic carbocycles. The standard InChI is InChI=1S/C22H25N3O3/c1-16-19-9-2-3-10-20(19)28-21(16)13-24-22(26)25(15-18-8-6-12-27-18)14-17-7-4-5-11-23-17/h2-5,7,9-11,18H,6,8,12-15H2,1H3,(H,24,26). The summed E-state index contributed by atoms with van der Waals surface area (Å²) >= 11 is 0. The molecule has 3 heterocycles. The van der Waals surface area contributed by atoms with Crippen LogP contribution in [-0.2, 0) is 17.8 Å². The maximum Gasteiger partial charge on any atom is 0.318 e. The van der Waals surface area contributed by atoms with Crippen molar-refractivity contribution in [1.29, 1.82) is 0 Å². The highest BCUT2D eigenvalue weighted by Crippen LogP contribution is 2.24. The first-order chi connectivity index (χ1) is 13.7. The van der Waals surface area contributed by atoms with Gasteiger partial charge in [0.15, 0.2) is 0 Å². The Morgan fingerprint density at radius 2 is 2.11 bits per heavy atom. The van der Waals surface area contributed by atoms with Crippen LogP contribution in [0.15, 0.2) is 53.1 Å². The van der Waals surface area contributed by atoms with Crippen LogP contribution in [0.4, 0.5) is 4.79 Å². The molecule has 1 N–H and O–H groups in total. The van der Waals surface area contributed by atoms with Crippen LogP contribution >= 0.6 is 0 Å². The van der Waals surface area contributed by atoms with Crippen molar-refractivity contribution in [1.82, 2.24) is 15.2 Å². The molecule has 2 aromatic heterocycles. The molecule has 146 valence electrons. The lowest BCUT2D eigenvalue weighted by Crippen LogP contribution is -2.43. The van der Waals surface area contributed by atoms with Crippen LogP contribution in [-0.4, -0.2) is 35.2 Å². The van der Waals surface area contributed by atoms with Crippen molar-refractivity contribution in [2.45, 2.75) is 39.0 Å². The summed E-state index contributed by atoms with van der Waals surface area (Å²) in [5.41, 5.74) is 2.76. The Morgan fingerprint density at radius 1 is 1.25 bits per heavy atom. The van der Waals surface area contributed by atoms with Crippen LogP contribution < -0.4 is 5.32 Å². The number of amides is 2. The van der Waals surface area contributed by atoms with Crippen molar-refractivity contribution < 1.29 is 13.9 Å². The van der Waals surface area contributed by atoms with Gasteiger partial charge in [-0.1, -0.05) is 24.3 Å². The molecule has 1 atom stereocenters. The van der Waals surface area contributed by atoms with Gasteiger partial charge in [-0.2, -0.15) is 0 Å². The van der Waals surface area contributed by atoms with E-state index in [0.717, 1.165) is 47.4 Å². The second-order valence-electron chi connectivity index (χ2n) is 7.14. The van der Waals surface area contributed by atoms with Crippen molar-refractivity contribution in [2.24, 2.45) is 0 Å². The van der Waals surface area contributed by atoms with Gasteiger partial charge in [0.25, 0.3) is 0 Å². The number of para-hydroxylation sites is 1. The number of fused-ring (bicyclic) bond motifs is 1. The van der Waals surface area contributed by atoms with E-state index in [-0.39, 0.29) is 12.1 Å². The number of aromatic nitrogens is 1. The molecule has 28 heavy (non-hydrogen) atoms. The summed E-state index contributed by atoms with van der Waals surface area (Å²) in [6.45, 7) is 4.14. The highest BCUT2D eigenvalue weighted by Gasteiger charge is 2.23. The van der Waals surface area contributed by atoms with E-state index in [4.69, 9.17) is 9.15 Å². The van der Waals surface area contributed by atoms with E-state index in [1.54, 1.807) is 11.1 Å². The number of hydrogen-bond acceptors (Lipinski definition) is 4. The average molecular weight is 379 g/mol. The summed E-state index contributed by atoms with van der Waals surface area (Å²) in [6.07, 6.45) is 3.86. The number of carbonyl (C=O) groups excluding carboxylic acids is 1. The number of pyridine rings is 1. The van der Waals surface area contributed by atoms with Crippen molar-refractivity contribution >= 4 is 17.0 Å². The molecule has 1 fully saturated rings. The molecule has 2 amide bonds. The van der Waals surface area contributed by atoms with E-state index in [0.29, 0.717) is 19.6 Å². The molecular weight excluding hydrogens is 354 g/mol. The molecule has 3 aromatic rings. The fourth-order valence-corrected chi connectivity index (χ4v) is 3.60. The molecule has 1 unspecified atom stereocenters. The summed E-state index contributed by atoms with van der Waals surface area (Å²) in [6, 6.07) is 13.5. The van der Waals surface area contributed by atoms with Gasteiger partial charge in [-0.15, -0.1) is 0 Å². The summed E-state index contributed by atoms with van der Waals surface area (Å²) in [4.78, 5) is 19.1. The fourth-order valence-electron chi connectivity index (χ4n) is 3.60. The number of nitrogens with zero attached hydrogens (tertiary/aromatic N) is 2. The highest BCUT2D eigenvalue weighted by molar-refractivity contribution is 5.82. The van der Waals surface area contributed by atoms with Gasteiger partial charge in [0.05, 0.1) is 24.9 Å². The third-order valence-corrected chi connectivity index (χ3v) is 5.16. The number of carbonyl (C=O) groups is 1. The Labute approximate surface area is 164 Å². The predicted octanol–water partition coefficient (Wildman–Crippen LogP) is 4.03. The maximum absolute atomic E-state index is 12.9. The summed E-state index contributed by atoms with van der Waals surface area (Å²) in [5.74, 6) is 0.782. The first-order valence-corrected chi connectivity index (χ1v) is 9.72. The van der Waals surface area contributed by atoms with Crippen LogP contribution in [0.5, 0.6) is 0 Å². The normalized spacial score (nSPS) is 16.4. The van der Waals surface area contributed by atoms with Crippen LogP contribution in [0.2, 0.25) is 0 Å². The maximum atomic E-state index is 12.9. The number of rotatable bonds is 6. The number of ether oxygens (including phenoxy) is 1. The highest BCUT2D eigenvalue weighted by atomic mass is 16.5. The number of nitrogens with one attached hydrogen (secondary N) is 1. The molecular formula is C22H25N3O3. The first kappa shape index (κ1) is 18.5. The lowest BCUT2D eigenvalue weighted by atomic mass is 10.1. The molecule has 0 radical (unpaired) electrons. The lowest BCUT2D eigenvalue weighted by Gasteiger charge is -2.25. The van der Waals surface area contributed by atoms with E-state index >= 15 is 0 Å². The molecule has 6 heteroatoms. The SMILES string of the molecule is Cc1c(CNC(=O)N(Cc2ccccn2)CC2CCCO2)oc2ccccc12. The van der Waals surface area contributed by atoms with Gasteiger partial charge in [0.1, 0.15) is 11.3 Å². The third kappa shape index (κ3) is 4.17. The molecule has 1 saturated heterocycles. The van der Waals surface area contributed by atoms with Gasteiger partial charge in [0, 0.05) is 30.3 Å². The van der Waals surface area contributed by atoms with Gasteiger partial charge in [0.2, 0.25) is 0 Å². The molecule has 0 spiro atoms. The fraction of sp³-hybridized carbons (Fsp3) is 0.364. The number of hydrogen-bond donors (Lipinski definition) is 1. The van der Waals surface area contributed by atoms with Gasteiger partial charge in [-0.25, -0.2) is 4.79 Å². The summed E-state index contributed by atoms with van der Waals surface area (Å²) < 4.78 is 11.6. The minimum absolute atomic E-state index is 0.0856. The van der Waals surface area contributed by atoms with Crippen LogP contribution in [0, 0.1) is 6.92 Å². The number of aryl methyl sites for hydroxylation is 1. The molecule has 4 rings (SSSR count). The second-order valence-corrected chi connectivity index (χ2v) is 7.14. The van der Waals surface area contributed by atoms with E-state index in [1.807, 2.05) is 49.4 Å². The topological polar surface area (TPSA) is 67.6 Å². The van der Waals surface area contributed by atoms with E-state index in [9.17, 15) is 4.79 Å². The molecule has 6 nitrogen and oxygen atoms in total. The molecule has 1 aliphatic heterocycles. The van der Waals surface area contributed by atoms with Gasteiger partial charge >= 0.3 is 6.03 Å². The molecule has 1 aromatic carbocycles. The van der Waals surface area contributed by atoms with Crippen LogP contribution in [0.1, 0.15) is 29.9 Å². The van der Waals surface area contributed by atoms with Crippen LogP contribution in [0.25, 0.3) is 11.0 Å². The van der Waals surface area contributed by atoms with E-state index in [1.165, 1.54) is 0 Å². The van der Waals surface area contributed by atoms with Gasteiger partial charge in [-0.3, -0.25) is 4.98 Å². The zero-order valence-corrected chi connectivity index (χ0v) is 16.1. The van der Waals surface area contributed by atoms with Crippen molar-refractivity contribution in [2.75, 3.05) is 13.2 Å². The van der Waals surface area contributed by atoms with Crippen molar-refractivity contribution in [3.8, 4) is 0 Å². The van der Waals surface area contributed by atoms with Crippen molar-refractivity contribution in [3.63, 3.8) is 0 Å². The number of furan rings is 1. The van der Waals surface area contributed by atoms with Gasteiger partial charge in [-0.05, 0) is 38.0 Å². The van der Waals surface area contributed by atoms with E-state index in [2.05, 4.69) is 10.3 Å². The Morgan fingerprint density at radius 3 is 2.86 bits per heavy atom. The Hall–Kier alpha value is -2.86. The monoisotopic (exact) mass is 379 g/mol. The minimum atomic E-state index is -0.138. The Kier molecular flexibility index (Phi) is 5.58. The lowest BCUT2D eigenvalue weighted by molar-refractivity contribution is 0.0790.